The van der Waals surface area contributed by atoms with Crippen LogP contribution in [0.25, 0.3) is 0 Å². The van der Waals surface area contributed by atoms with Crippen LogP contribution in [0.3, 0.4) is 0 Å². The van der Waals surface area contributed by atoms with E-state index in [1.54, 1.807) is 13.0 Å². The van der Waals surface area contributed by atoms with Gasteiger partial charge in [0.15, 0.2) is 0 Å². The SMILES string of the molecule is CCn1nc(C(C)C)cc1C(=O)N(CC(=O)O)CC(=O)O. The minimum atomic E-state index is -1.27. The van der Waals surface area contributed by atoms with Gasteiger partial charge in [-0.25, -0.2) is 0 Å². The smallest absolute Gasteiger partial charge is 0.323 e. The number of aliphatic carboxylic acids is 2. The van der Waals surface area contributed by atoms with E-state index in [0.717, 1.165) is 4.90 Å². The van der Waals surface area contributed by atoms with Gasteiger partial charge in [-0.1, -0.05) is 13.8 Å². The molecule has 8 heteroatoms. The quantitative estimate of drug-likeness (QED) is 0.763. The second-order valence-corrected chi connectivity index (χ2v) is 4.87. The van der Waals surface area contributed by atoms with Gasteiger partial charge in [-0.05, 0) is 18.9 Å². The highest BCUT2D eigenvalue weighted by Crippen LogP contribution is 2.16. The minimum Gasteiger partial charge on any atom is -0.480 e. The molecule has 1 heterocycles. The molecule has 21 heavy (non-hydrogen) atoms. The van der Waals surface area contributed by atoms with E-state index in [-0.39, 0.29) is 11.6 Å². The maximum Gasteiger partial charge on any atom is 0.323 e. The summed E-state index contributed by atoms with van der Waals surface area (Å²) in [6.07, 6.45) is 0. The molecule has 116 valence electrons. The fourth-order valence-corrected chi connectivity index (χ4v) is 1.82. The van der Waals surface area contributed by atoms with Crippen molar-refractivity contribution in [3.63, 3.8) is 0 Å². The Balaban J connectivity index is 3.12. The summed E-state index contributed by atoms with van der Waals surface area (Å²) in [6, 6.07) is 1.58. The van der Waals surface area contributed by atoms with E-state index in [1.807, 2.05) is 13.8 Å². The zero-order chi connectivity index (χ0) is 16.2. The molecule has 1 amide bonds. The zero-order valence-electron chi connectivity index (χ0n) is 12.2. The van der Waals surface area contributed by atoms with Crippen molar-refractivity contribution in [2.24, 2.45) is 0 Å². The molecular weight excluding hydrogens is 278 g/mol. The van der Waals surface area contributed by atoms with Gasteiger partial charge in [-0.15, -0.1) is 0 Å². The van der Waals surface area contributed by atoms with E-state index >= 15 is 0 Å². The number of nitrogens with zero attached hydrogens (tertiary/aromatic N) is 3. The largest absolute Gasteiger partial charge is 0.480 e. The third-order valence-corrected chi connectivity index (χ3v) is 2.85. The Morgan fingerprint density at radius 2 is 1.76 bits per heavy atom. The van der Waals surface area contributed by atoms with Gasteiger partial charge in [-0.2, -0.15) is 5.10 Å². The molecule has 0 fully saturated rings. The fourth-order valence-electron chi connectivity index (χ4n) is 1.82. The number of hydrogen-bond donors (Lipinski definition) is 2. The molecule has 0 atom stereocenters. The molecule has 0 radical (unpaired) electrons. The summed E-state index contributed by atoms with van der Waals surface area (Å²) in [5.74, 6) is -3.08. The number of aromatic nitrogens is 2. The van der Waals surface area contributed by atoms with Crippen molar-refractivity contribution in [2.45, 2.75) is 33.2 Å². The molecule has 0 saturated carbocycles. The van der Waals surface area contributed by atoms with E-state index < -0.39 is 30.9 Å². The molecule has 0 spiro atoms. The van der Waals surface area contributed by atoms with Crippen LogP contribution in [0, 0.1) is 0 Å². The molecular formula is C13H19N3O5. The molecule has 2 N–H and O–H groups in total. The molecule has 0 aliphatic rings. The fraction of sp³-hybridized carbons (Fsp3) is 0.538. The van der Waals surface area contributed by atoms with Crippen molar-refractivity contribution in [3.8, 4) is 0 Å². The van der Waals surface area contributed by atoms with E-state index in [4.69, 9.17) is 10.2 Å². The van der Waals surface area contributed by atoms with E-state index in [2.05, 4.69) is 5.10 Å². The van der Waals surface area contributed by atoms with Gasteiger partial charge in [0.25, 0.3) is 5.91 Å². The molecule has 0 aliphatic heterocycles. The first-order valence-corrected chi connectivity index (χ1v) is 6.56. The van der Waals surface area contributed by atoms with Gasteiger partial charge in [0.2, 0.25) is 0 Å². The van der Waals surface area contributed by atoms with Crippen LogP contribution in [0.15, 0.2) is 6.07 Å². The number of carboxylic acids is 2. The van der Waals surface area contributed by atoms with Crippen molar-refractivity contribution in [3.05, 3.63) is 17.5 Å². The van der Waals surface area contributed by atoms with Crippen LogP contribution in [-0.4, -0.2) is 55.8 Å². The molecule has 1 aromatic heterocycles. The second-order valence-electron chi connectivity index (χ2n) is 4.87. The summed E-state index contributed by atoms with van der Waals surface area (Å²) < 4.78 is 1.45. The summed E-state index contributed by atoms with van der Waals surface area (Å²) in [5, 5.41) is 21.9. The molecule has 0 bridgehead atoms. The number of carbonyl (C=O) groups excluding carboxylic acids is 1. The Morgan fingerprint density at radius 3 is 2.14 bits per heavy atom. The van der Waals surface area contributed by atoms with Crippen molar-refractivity contribution in [2.75, 3.05) is 13.1 Å². The molecule has 1 aromatic rings. The van der Waals surface area contributed by atoms with Crippen LogP contribution in [0.2, 0.25) is 0 Å². The summed E-state index contributed by atoms with van der Waals surface area (Å²) in [6.45, 7) is 4.73. The molecule has 0 saturated heterocycles. The van der Waals surface area contributed by atoms with Crippen LogP contribution in [0.1, 0.15) is 42.9 Å². The Hall–Kier alpha value is -2.38. The first-order chi connectivity index (χ1) is 9.76. The third kappa shape index (κ3) is 4.30. The predicted molar refractivity (Wildman–Crippen MR) is 73.2 cm³/mol. The topological polar surface area (TPSA) is 113 Å². The number of hydrogen-bond acceptors (Lipinski definition) is 4. The summed E-state index contributed by atoms with van der Waals surface area (Å²) in [5.41, 5.74) is 0.898. The van der Waals surface area contributed by atoms with E-state index in [1.165, 1.54) is 4.68 Å². The molecule has 0 aromatic carbocycles. The van der Waals surface area contributed by atoms with Crippen LogP contribution in [-0.2, 0) is 16.1 Å². The zero-order valence-corrected chi connectivity index (χ0v) is 12.2. The standard InChI is InChI=1S/C13H19N3O5/c1-4-16-10(5-9(14-16)8(2)3)13(21)15(6-11(17)18)7-12(19)20/h5,8H,4,6-7H2,1-3H3,(H,17,18)(H,19,20). The number of aryl methyl sites for hydroxylation is 1. The van der Waals surface area contributed by atoms with Crippen LogP contribution in [0.4, 0.5) is 0 Å². The monoisotopic (exact) mass is 297 g/mol. The summed E-state index contributed by atoms with van der Waals surface area (Å²) in [7, 11) is 0. The van der Waals surface area contributed by atoms with Crippen molar-refractivity contribution < 1.29 is 24.6 Å². The van der Waals surface area contributed by atoms with Crippen molar-refractivity contribution in [1.29, 1.82) is 0 Å². The lowest BCUT2D eigenvalue weighted by Crippen LogP contribution is -2.40. The third-order valence-electron chi connectivity index (χ3n) is 2.85. The van der Waals surface area contributed by atoms with Gasteiger partial charge in [-0.3, -0.25) is 19.1 Å². The van der Waals surface area contributed by atoms with Crippen LogP contribution in [0.5, 0.6) is 0 Å². The van der Waals surface area contributed by atoms with E-state index in [0.29, 0.717) is 12.2 Å². The predicted octanol–water partition coefficient (Wildman–Crippen LogP) is 0.638. The lowest BCUT2D eigenvalue weighted by atomic mass is 10.1. The average molecular weight is 297 g/mol. The number of rotatable bonds is 7. The number of amides is 1. The highest BCUT2D eigenvalue weighted by atomic mass is 16.4. The Morgan fingerprint density at radius 1 is 1.24 bits per heavy atom. The highest BCUT2D eigenvalue weighted by molar-refractivity contribution is 5.96. The maximum atomic E-state index is 12.4. The normalized spacial score (nSPS) is 10.7. The van der Waals surface area contributed by atoms with Gasteiger partial charge >= 0.3 is 11.9 Å². The Kier molecular flexibility index (Phi) is 5.45. The summed E-state index contributed by atoms with van der Waals surface area (Å²) >= 11 is 0. The minimum absolute atomic E-state index is 0.108. The Bertz CT molecular complexity index is 534. The number of carbonyl (C=O) groups is 3. The average Bonchev–Trinajstić information content (AvgIpc) is 2.80. The van der Waals surface area contributed by atoms with Crippen molar-refractivity contribution in [1.82, 2.24) is 14.7 Å². The van der Waals surface area contributed by atoms with Crippen molar-refractivity contribution >= 4 is 17.8 Å². The number of carboxylic acid groups (broad SMARTS) is 2. The second kappa shape index (κ2) is 6.87. The lowest BCUT2D eigenvalue weighted by molar-refractivity contribution is -0.140. The first kappa shape index (κ1) is 16.7. The first-order valence-electron chi connectivity index (χ1n) is 6.56. The van der Waals surface area contributed by atoms with Gasteiger partial charge in [0.1, 0.15) is 18.8 Å². The van der Waals surface area contributed by atoms with Gasteiger partial charge in [0.05, 0.1) is 5.69 Å². The highest BCUT2D eigenvalue weighted by Gasteiger charge is 2.25. The van der Waals surface area contributed by atoms with Crippen LogP contribution >= 0.6 is 0 Å². The molecule has 8 nitrogen and oxygen atoms in total. The molecule has 0 aliphatic carbocycles. The summed E-state index contributed by atoms with van der Waals surface area (Å²) in [4.78, 5) is 34.7. The molecule has 0 unspecified atom stereocenters. The maximum absolute atomic E-state index is 12.4. The van der Waals surface area contributed by atoms with Gasteiger partial charge in [0, 0.05) is 6.54 Å². The van der Waals surface area contributed by atoms with Crippen LogP contribution < -0.4 is 0 Å². The lowest BCUT2D eigenvalue weighted by Gasteiger charge is -2.18. The Labute approximate surface area is 122 Å². The van der Waals surface area contributed by atoms with E-state index in [9.17, 15) is 14.4 Å². The van der Waals surface area contributed by atoms with Gasteiger partial charge < -0.3 is 15.1 Å². The molecule has 1 rings (SSSR count).